The Balaban J connectivity index is 2.58. The van der Waals surface area contributed by atoms with Crippen molar-refractivity contribution in [2.75, 3.05) is 34.0 Å². The summed E-state index contributed by atoms with van der Waals surface area (Å²) in [5.41, 5.74) is 1.17. The highest BCUT2D eigenvalue weighted by atomic mass is 127. The van der Waals surface area contributed by atoms with Crippen molar-refractivity contribution >= 4 is 22.6 Å². The molecule has 0 bridgehead atoms. The highest BCUT2D eigenvalue weighted by Crippen LogP contribution is 2.33. The third-order valence-electron chi connectivity index (χ3n) is 2.45. The minimum absolute atomic E-state index is 0.737. The molecule has 0 unspecified atom stereocenters. The topological polar surface area (TPSA) is 39.7 Å². The molecule has 0 aliphatic rings. The third kappa shape index (κ3) is 4.62. The van der Waals surface area contributed by atoms with Crippen molar-refractivity contribution in [2.24, 2.45) is 0 Å². The molecule has 0 aliphatic heterocycles. The number of halogens is 1. The highest BCUT2D eigenvalue weighted by molar-refractivity contribution is 14.1. The van der Waals surface area contributed by atoms with Crippen LogP contribution in [0.3, 0.4) is 0 Å². The minimum atomic E-state index is 0.737. The van der Waals surface area contributed by atoms with Crippen LogP contribution in [-0.4, -0.2) is 34.0 Å². The van der Waals surface area contributed by atoms with E-state index < -0.39 is 0 Å². The molecule has 1 aromatic rings. The van der Waals surface area contributed by atoms with E-state index >= 15 is 0 Å². The molecular weight excluding hydrogens is 345 g/mol. The Labute approximate surface area is 122 Å². The van der Waals surface area contributed by atoms with E-state index in [0.29, 0.717) is 0 Å². The molecule has 4 nitrogen and oxygen atoms in total. The van der Waals surface area contributed by atoms with Crippen molar-refractivity contribution in [1.29, 1.82) is 0 Å². The largest absolute Gasteiger partial charge is 0.493 e. The fraction of sp³-hybridized carbons (Fsp3) is 0.538. The van der Waals surface area contributed by atoms with Crippen LogP contribution in [0.1, 0.15) is 12.5 Å². The molecule has 0 saturated carbocycles. The van der Waals surface area contributed by atoms with E-state index in [4.69, 9.17) is 14.2 Å². The van der Waals surface area contributed by atoms with Gasteiger partial charge in [0.1, 0.15) is 0 Å². The molecule has 0 saturated heterocycles. The maximum absolute atomic E-state index is 5.32. The first-order valence-electron chi connectivity index (χ1n) is 5.91. The summed E-state index contributed by atoms with van der Waals surface area (Å²) in [6.07, 6.45) is 0. The first-order valence-corrected chi connectivity index (χ1v) is 6.99. The first-order chi connectivity index (χ1) is 8.72. The number of ether oxygens (including phenoxy) is 3. The van der Waals surface area contributed by atoms with Gasteiger partial charge in [0, 0.05) is 19.7 Å². The lowest BCUT2D eigenvalue weighted by Gasteiger charge is -2.12. The molecule has 0 aliphatic carbocycles. The quantitative estimate of drug-likeness (QED) is 0.568. The smallest absolute Gasteiger partial charge is 0.174 e. The molecule has 0 amide bonds. The zero-order valence-electron chi connectivity index (χ0n) is 11.1. The van der Waals surface area contributed by atoms with E-state index in [-0.39, 0.29) is 0 Å². The summed E-state index contributed by atoms with van der Waals surface area (Å²) in [6.45, 7) is 5.13. The van der Waals surface area contributed by atoms with Gasteiger partial charge >= 0.3 is 0 Å². The number of benzene rings is 1. The van der Waals surface area contributed by atoms with Crippen molar-refractivity contribution in [3.63, 3.8) is 0 Å². The Morgan fingerprint density at radius 3 is 2.61 bits per heavy atom. The van der Waals surface area contributed by atoms with Crippen LogP contribution in [0.5, 0.6) is 11.5 Å². The van der Waals surface area contributed by atoms with Crippen molar-refractivity contribution < 1.29 is 14.2 Å². The van der Waals surface area contributed by atoms with E-state index in [2.05, 4.69) is 34.0 Å². The second-order valence-electron chi connectivity index (χ2n) is 3.69. The zero-order chi connectivity index (χ0) is 13.4. The highest BCUT2D eigenvalue weighted by Gasteiger charge is 2.09. The maximum atomic E-state index is 5.32. The van der Waals surface area contributed by atoms with Crippen LogP contribution in [0.25, 0.3) is 0 Å². The van der Waals surface area contributed by atoms with Gasteiger partial charge in [-0.1, -0.05) is 0 Å². The molecule has 0 fully saturated rings. The van der Waals surface area contributed by atoms with Crippen LogP contribution in [0, 0.1) is 3.57 Å². The summed E-state index contributed by atoms with van der Waals surface area (Å²) in [7, 11) is 3.31. The van der Waals surface area contributed by atoms with Crippen molar-refractivity contribution in [3.05, 3.63) is 21.3 Å². The van der Waals surface area contributed by atoms with E-state index in [1.807, 2.05) is 13.0 Å². The van der Waals surface area contributed by atoms with Crippen LogP contribution in [0.4, 0.5) is 0 Å². The lowest BCUT2D eigenvalue weighted by atomic mass is 10.2. The number of hydrogen-bond acceptors (Lipinski definition) is 4. The molecule has 0 atom stereocenters. The Morgan fingerprint density at radius 2 is 2.00 bits per heavy atom. The minimum Gasteiger partial charge on any atom is -0.493 e. The second-order valence-corrected chi connectivity index (χ2v) is 4.85. The van der Waals surface area contributed by atoms with E-state index in [0.717, 1.165) is 41.4 Å². The Hall–Kier alpha value is -0.530. The zero-order valence-corrected chi connectivity index (χ0v) is 13.2. The molecule has 0 spiro atoms. The summed E-state index contributed by atoms with van der Waals surface area (Å²) >= 11 is 2.25. The van der Waals surface area contributed by atoms with E-state index in [9.17, 15) is 0 Å². The van der Waals surface area contributed by atoms with Gasteiger partial charge in [0.05, 0.1) is 24.4 Å². The van der Waals surface area contributed by atoms with Crippen molar-refractivity contribution in [1.82, 2.24) is 5.32 Å². The summed E-state index contributed by atoms with van der Waals surface area (Å²) in [4.78, 5) is 0. The number of hydrogen-bond donors (Lipinski definition) is 1. The normalized spacial score (nSPS) is 10.4. The van der Waals surface area contributed by atoms with Gasteiger partial charge in [-0.05, 0) is 47.2 Å². The number of methoxy groups -OCH3 is 2. The van der Waals surface area contributed by atoms with Gasteiger partial charge in [-0.3, -0.25) is 0 Å². The standard InChI is InChI=1S/C13H20INO3/c1-4-18-6-5-15-9-10-7-11(14)13(17-3)12(8-10)16-2/h7-8,15H,4-6,9H2,1-3H3. The third-order valence-corrected chi connectivity index (χ3v) is 3.25. The summed E-state index contributed by atoms with van der Waals surface area (Å²) in [6, 6.07) is 4.09. The molecule has 0 aromatic heterocycles. The summed E-state index contributed by atoms with van der Waals surface area (Å²) < 4.78 is 16.9. The lowest BCUT2D eigenvalue weighted by Crippen LogP contribution is -2.19. The predicted octanol–water partition coefficient (Wildman–Crippen LogP) is 2.43. The second kappa shape index (κ2) is 8.55. The first kappa shape index (κ1) is 15.5. The van der Waals surface area contributed by atoms with Gasteiger partial charge in [0.2, 0.25) is 0 Å². The number of nitrogens with one attached hydrogen (secondary N) is 1. The fourth-order valence-corrected chi connectivity index (χ4v) is 2.48. The van der Waals surface area contributed by atoms with Gasteiger partial charge in [0.25, 0.3) is 0 Å². The molecule has 5 heteroatoms. The molecule has 1 rings (SSSR count). The Morgan fingerprint density at radius 1 is 1.22 bits per heavy atom. The molecule has 0 heterocycles. The van der Waals surface area contributed by atoms with Gasteiger partial charge in [-0.15, -0.1) is 0 Å². The molecule has 0 radical (unpaired) electrons. The van der Waals surface area contributed by atoms with Crippen LogP contribution in [0.15, 0.2) is 12.1 Å². The van der Waals surface area contributed by atoms with Crippen molar-refractivity contribution in [2.45, 2.75) is 13.5 Å². The summed E-state index contributed by atoms with van der Waals surface area (Å²) in [5, 5.41) is 3.33. The average Bonchev–Trinajstić information content (AvgIpc) is 2.37. The van der Waals surface area contributed by atoms with Gasteiger partial charge < -0.3 is 19.5 Å². The molecule has 1 N–H and O–H groups in total. The van der Waals surface area contributed by atoms with Crippen LogP contribution >= 0.6 is 22.6 Å². The molecule has 102 valence electrons. The van der Waals surface area contributed by atoms with Crippen LogP contribution < -0.4 is 14.8 Å². The van der Waals surface area contributed by atoms with Crippen molar-refractivity contribution in [3.8, 4) is 11.5 Å². The van der Waals surface area contributed by atoms with Gasteiger partial charge in [-0.2, -0.15) is 0 Å². The monoisotopic (exact) mass is 365 g/mol. The van der Waals surface area contributed by atoms with Crippen LogP contribution in [0.2, 0.25) is 0 Å². The fourth-order valence-electron chi connectivity index (χ4n) is 1.59. The SMILES string of the molecule is CCOCCNCc1cc(I)c(OC)c(OC)c1. The van der Waals surface area contributed by atoms with Gasteiger partial charge in [0.15, 0.2) is 11.5 Å². The Bertz CT molecular complexity index is 371. The maximum Gasteiger partial charge on any atom is 0.174 e. The van der Waals surface area contributed by atoms with Crippen LogP contribution in [-0.2, 0) is 11.3 Å². The summed E-state index contributed by atoms with van der Waals surface area (Å²) in [5.74, 6) is 1.56. The predicted molar refractivity (Wildman–Crippen MR) is 80.5 cm³/mol. The average molecular weight is 365 g/mol. The van der Waals surface area contributed by atoms with E-state index in [1.165, 1.54) is 5.56 Å². The van der Waals surface area contributed by atoms with E-state index in [1.54, 1.807) is 14.2 Å². The molecular formula is C13H20INO3. The number of rotatable bonds is 8. The Kier molecular flexibility index (Phi) is 7.38. The molecule has 18 heavy (non-hydrogen) atoms. The van der Waals surface area contributed by atoms with Gasteiger partial charge in [-0.25, -0.2) is 0 Å². The lowest BCUT2D eigenvalue weighted by molar-refractivity contribution is 0.149. The molecule has 1 aromatic carbocycles.